The van der Waals surface area contributed by atoms with Crippen LogP contribution in [-0.4, -0.2) is 0 Å². The molecule has 0 aromatic heterocycles. The Kier molecular flexibility index (Phi) is 4.72. The zero-order chi connectivity index (χ0) is 14.6. The lowest BCUT2D eigenvalue weighted by atomic mass is 9.82. The third kappa shape index (κ3) is 3.55. The van der Waals surface area contributed by atoms with Crippen LogP contribution >= 0.6 is 11.8 Å². The summed E-state index contributed by atoms with van der Waals surface area (Å²) in [6, 6.07) is 17.1. The second kappa shape index (κ2) is 6.32. The smallest absolute Gasteiger partial charge is 0.0240 e. The van der Waals surface area contributed by atoms with Crippen molar-refractivity contribution in [2.75, 3.05) is 0 Å². The van der Waals surface area contributed by atoms with Crippen LogP contribution in [0.3, 0.4) is 0 Å². The Balaban J connectivity index is 2.32. The summed E-state index contributed by atoms with van der Waals surface area (Å²) >= 11 is 1.89. The number of rotatable bonds is 4. The summed E-state index contributed by atoms with van der Waals surface area (Å²) in [5.74, 6) is 0.985. The standard InChI is InChI=1S/C19H22S/c1-5-15-10-9-13-18(19(2,3)4)17(15)14-20-16-11-7-6-8-12-16/h5-13H,1,14H2,2-4H3. The summed E-state index contributed by atoms with van der Waals surface area (Å²) in [6.07, 6.45) is 1.97. The predicted molar refractivity (Wildman–Crippen MR) is 91.2 cm³/mol. The highest BCUT2D eigenvalue weighted by Crippen LogP contribution is 2.33. The fourth-order valence-electron chi connectivity index (χ4n) is 2.33. The zero-order valence-electron chi connectivity index (χ0n) is 12.5. The molecule has 0 spiro atoms. The van der Waals surface area contributed by atoms with E-state index in [0.29, 0.717) is 0 Å². The van der Waals surface area contributed by atoms with Crippen molar-refractivity contribution in [3.63, 3.8) is 0 Å². The van der Waals surface area contributed by atoms with Gasteiger partial charge in [0.25, 0.3) is 0 Å². The molecule has 0 bridgehead atoms. The first-order chi connectivity index (χ1) is 9.52. The Labute approximate surface area is 126 Å². The summed E-state index contributed by atoms with van der Waals surface area (Å²) in [4.78, 5) is 1.31. The van der Waals surface area contributed by atoms with E-state index in [0.717, 1.165) is 5.75 Å². The molecule has 0 fully saturated rings. The summed E-state index contributed by atoms with van der Waals surface area (Å²) in [7, 11) is 0. The van der Waals surface area contributed by atoms with E-state index in [9.17, 15) is 0 Å². The zero-order valence-corrected chi connectivity index (χ0v) is 13.3. The SMILES string of the molecule is C=Cc1cccc(C(C)(C)C)c1CSc1ccccc1. The fourth-order valence-corrected chi connectivity index (χ4v) is 3.31. The van der Waals surface area contributed by atoms with Crippen molar-refractivity contribution in [2.45, 2.75) is 36.8 Å². The molecule has 0 saturated carbocycles. The van der Waals surface area contributed by atoms with Crippen molar-refractivity contribution in [3.05, 3.63) is 71.8 Å². The molecule has 0 aliphatic carbocycles. The van der Waals surface area contributed by atoms with Gasteiger partial charge in [0, 0.05) is 10.6 Å². The van der Waals surface area contributed by atoms with Gasteiger partial charge >= 0.3 is 0 Å². The molecule has 0 atom stereocenters. The van der Waals surface area contributed by atoms with Gasteiger partial charge in [0.15, 0.2) is 0 Å². The molecular weight excluding hydrogens is 260 g/mol. The first-order valence-electron chi connectivity index (χ1n) is 6.95. The fraction of sp³-hybridized carbons (Fsp3) is 0.263. The van der Waals surface area contributed by atoms with Crippen molar-refractivity contribution in [1.29, 1.82) is 0 Å². The molecule has 2 aromatic carbocycles. The van der Waals surface area contributed by atoms with Crippen LogP contribution in [0.2, 0.25) is 0 Å². The minimum Gasteiger partial charge on any atom is -0.121 e. The molecule has 0 unspecified atom stereocenters. The van der Waals surface area contributed by atoms with Gasteiger partial charge in [-0.05, 0) is 34.2 Å². The minimum atomic E-state index is 0.158. The third-order valence-electron chi connectivity index (χ3n) is 3.37. The topological polar surface area (TPSA) is 0 Å². The molecule has 2 aromatic rings. The summed E-state index contributed by atoms with van der Waals surface area (Å²) in [5.41, 5.74) is 4.23. The van der Waals surface area contributed by atoms with E-state index in [2.05, 4.69) is 75.9 Å². The van der Waals surface area contributed by atoms with Crippen LogP contribution < -0.4 is 0 Å². The first-order valence-corrected chi connectivity index (χ1v) is 7.93. The highest BCUT2D eigenvalue weighted by atomic mass is 32.2. The second-order valence-corrected chi connectivity index (χ2v) is 6.98. The van der Waals surface area contributed by atoms with Gasteiger partial charge in [0.05, 0.1) is 0 Å². The molecule has 0 nitrogen and oxygen atoms in total. The Bertz CT molecular complexity index is 576. The highest BCUT2D eigenvalue weighted by molar-refractivity contribution is 7.98. The molecule has 2 rings (SSSR count). The maximum Gasteiger partial charge on any atom is 0.0240 e. The lowest BCUT2D eigenvalue weighted by molar-refractivity contribution is 0.585. The first kappa shape index (κ1) is 14.9. The number of hydrogen-bond acceptors (Lipinski definition) is 1. The van der Waals surface area contributed by atoms with Crippen molar-refractivity contribution < 1.29 is 0 Å². The lowest BCUT2D eigenvalue weighted by Gasteiger charge is -2.24. The normalized spacial score (nSPS) is 11.3. The minimum absolute atomic E-state index is 0.158. The molecule has 0 radical (unpaired) electrons. The Hall–Kier alpha value is -1.47. The molecule has 0 aliphatic heterocycles. The van der Waals surface area contributed by atoms with E-state index in [4.69, 9.17) is 0 Å². The van der Waals surface area contributed by atoms with Crippen molar-refractivity contribution in [2.24, 2.45) is 0 Å². The Morgan fingerprint density at radius 2 is 1.70 bits per heavy atom. The van der Waals surface area contributed by atoms with Crippen LogP contribution in [0.15, 0.2) is 60.0 Å². The lowest BCUT2D eigenvalue weighted by Crippen LogP contribution is -2.14. The van der Waals surface area contributed by atoms with Crippen LogP contribution in [0.5, 0.6) is 0 Å². The number of hydrogen-bond donors (Lipinski definition) is 0. The monoisotopic (exact) mass is 282 g/mol. The molecule has 0 saturated heterocycles. The van der Waals surface area contributed by atoms with Gasteiger partial charge in [-0.1, -0.05) is 69.8 Å². The summed E-state index contributed by atoms with van der Waals surface area (Å²) in [5, 5.41) is 0. The van der Waals surface area contributed by atoms with Crippen LogP contribution in [0.25, 0.3) is 6.08 Å². The summed E-state index contributed by atoms with van der Waals surface area (Å²) in [6.45, 7) is 10.8. The second-order valence-electron chi connectivity index (χ2n) is 5.93. The third-order valence-corrected chi connectivity index (χ3v) is 4.41. The van der Waals surface area contributed by atoms with E-state index < -0.39 is 0 Å². The van der Waals surface area contributed by atoms with Gasteiger partial charge in [-0.25, -0.2) is 0 Å². The molecule has 0 aliphatic rings. The highest BCUT2D eigenvalue weighted by Gasteiger charge is 2.19. The van der Waals surface area contributed by atoms with Gasteiger partial charge in [0.1, 0.15) is 0 Å². The number of benzene rings is 2. The maximum absolute atomic E-state index is 3.96. The molecule has 0 N–H and O–H groups in total. The van der Waals surface area contributed by atoms with Crippen LogP contribution in [0.1, 0.15) is 37.5 Å². The van der Waals surface area contributed by atoms with Crippen molar-refractivity contribution in [1.82, 2.24) is 0 Å². The average Bonchev–Trinajstić information content (AvgIpc) is 2.44. The van der Waals surface area contributed by atoms with E-state index in [1.807, 2.05) is 17.8 Å². The molecule has 104 valence electrons. The van der Waals surface area contributed by atoms with Gasteiger partial charge in [0.2, 0.25) is 0 Å². The van der Waals surface area contributed by atoms with E-state index >= 15 is 0 Å². The van der Waals surface area contributed by atoms with Crippen LogP contribution in [-0.2, 0) is 11.2 Å². The molecule has 20 heavy (non-hydrogen) atoms. The van der Waals surface area contributed by atoms with Gasteiger partial charge < -0.3 is 0 Å². The Morgan fingerprint density at radius 1 is 1.00 bits per heavy atom. The van der Waals surface area contributed by atoms with Crippen molar-refractivity contribution >= 4 is 17.8 Å². The van der Waals surface area contributed by atoms with Crippen molar-refractivity contribution in [3.8, 4) is 0 Å². The van der Waals surface area contributed by atoms with Gasteiger partial charge in [-0.15, -0.1) is 11.8 Å². The molecule has 1 heteroatoms. The largest absolute Gasteiger partial charge is 0.121 e. The van der Waals surface area contributed by atoms with Crippen LogP contribution in [0, 0.1) is 0 Å². The quantitative estimate of drug-likeness (QED) is 0.627. The summed E-state index contributed by atoms with van der Waals surface area (Å²) < 4.78 is 0. The van der Waals surface area contributed by atoms with E-state index in [1.54, 1.807) is 0 Å². The van der Waals surface area contributed by atoms with Gasteiger partial charge in [-0.3, -0.25) is 0 Å². The molecule has 0 heterocycles. The molecule has 0 amide bonds. The van der Waals surface area contributed by atoms with Crippen LogP contribution in [0.4, 0.5) is 0 Å². The van der Waals surface area contributed by atoms with E-state index in [1.165, 1.54) is 21.6 Å². The average molecular weight is 282 g/mol. The predicted octanol–water partition coefficient (Wildman–Crippen LogP) is 5.92. The maximum atomic E-state index is 3.96. The molecular formula is C19H22S. The Morgan fingerprint density at radius 3 is 2.30 bits per heavy atom. The van der Waals surface area contributed by atoms with Gasteiger partial charge in [-0.2, -0.15) is 0 Å². The van der Waals surface area contributed by atoms with E-state index in [-0.39, 0.29) is 5.41 Å². The number of thioether (sulfide) groups is 1.